The van der Waals surface area contributed by atoms with Crippen molar-refractivity contribution in [1.82, 2.24) is 0 Å². The third-order valence-electron chi connectivity index (χ3n) is 14.2. The lowest BCUT2D eigenvalue weighted by Gasteiger charge is -2.35. The van der Waals surface area contributed by atoms with E-state index in [1.165, 1.54) is 89.0 Å². The van der Waals surface area contributed by atoms with Gasteiger partial charge in [0.2, 0.25) is 0 Å². The van der Waals surface area contributed by atoms with E-state index >= 15 is 0 Å². The van der Waals surface area contributed by atoms with Gasteiger partial charge in [-0.15, -0.1) is 0 Å². The molecular formula is C64H47N. The molecule has 1 heteroatoms. The van der Waals surface area contributed by atoms with Crippen LogP contribution in [0.15, 0.2) is 249 Å². The van der Waals surface area contributed by atoms with Gasteiger partial charge in [-0.3, -0.25) is 0 Å². The molecular weight excluding hydrogens is 783 g/mol. The largest absolute Gasteiger partial charge is 0.310 e. The second kappa shape index (κ2) is 15.4. The Morgan fingerprint density at radius 1 is 0.292 bits per heavy atom. The van der Waals surface area contributed by atoms with E-state index in [4.69, 9.17) is 0 Å². The Morgan fingerprint density at radius 3 is 1.31 bits per heavy atom. The van der Waals surface area contributed by atoms with Crippen LogP contribution in [0, 0.1) is 0 Å². The van der Waals surface area contributed by atoms with E-state index in [9.17, 15) is 0 Å². The third-order valence-corrected chi connectivity index (χ3v) is 14.2. The van der Waals surface area contributed by atoms with Crippen LogP contribution in [0.4, 0.5) is 17.1 Å². The molecule has 0 saturated carbocycles. The van der Waals surface area contributed by atoms with Crippen molar-refractivity contribution in [2.24, 2.45) is 0 Å². The van der Waals surface area contributed by atoms with E-state index in [0.29, 0.717) is 0 Å². The summed E-state index contributed by atoms with van der Waals surface area (Å²) < 4.78 is 0. The fourth-order valence-electron chi connectivity index (χ4n) is 11.3. The lowest BCUT2D eigenvalue weighted by atomic mass is 9.67. The van der Waals surface area contributed by atoms with Gasteiger partial charge in [0.1, 0.15) is 0 Å². The summed E-state index contributed by atoms with van der Waals surface area (Å²) in [4.78, 5) is 2.55. The average Bonchev–Trinajstić information content (AvgIpc) is 3.80. The topological polar surface area (TPSA) is 3.24 Å². The summed E-state index contributed by atoms with van der Waals surface area (Å²) in [5.41, 5.74) is 22.6. The Bertz CT molecular complexity index is 3350. The first-order valence-corrected chi connectivity index (χ1v) is 22.8. The second-order valence-corrected chi connectivity index (χ2v) is 18.0. The molecule has 2 aliphatic rings. The highest BCUT2D eigenvalue weighted by molar-refractivity contribution is 6.02. The van der Waals surface area contributed by atoms with Gasteiger partial charge in [-0.25, -0.2) is 0 Å². The maximum absolute atomic E-state index is 2.55. The zero-order valence-corrected chi connectivity index (χ0v) is 36.6. The molecule has 12 rings (SSSR count). The van der Waals surface area contributed by atoms with Crippen molar-refractivity contribution >= 4 is 17.1 Å². The van der Waals surface area contributed by atoms with E-state index in [1.54, 1.807) is 0 Å². The van der Waals surface area contributed by atoms with E-state index < -0.39 is 5.41 Å². The van der Waals surface area contributed by atoms with Crippen LogP contribution in [-0.2, 0) is 10.8 Å². The van der Waals surface area contributed by atoms with E-state index in [0.717, 1.165) is 17.1 Å². The molecule has 0 aliphatic heterocycles. The molecule has 2 aliphatic carbocycles. The lowest BCUT2D eigenvalue weighted by Crippen LogP contribution is -2.28. The monoisotopic (exact) mass is 829 g/mol. The van der Waals surface area contributed by atoms with Gasteiger partial charge < -0.3 is 4.90 Å². The van der Waals surface area contributed by atoms with Gasteiger partial charge in [-0.05, 0) is 114 Å². The number of rotatable bonds is 8. The van der Waals surface area contributed by atoms with E-state index in [2.05, 4.69) is 267 Å². The summed E-state index contributed by atoms with van der Waals surface area (Å²) in [6.45, 7) is 4.76. The normalized spacial score (nSPS) is 13.6. The van der Waals surface area contributed by atoms with Gasteiger partial charge in [-0.1, -0.05) is 232 Å². The van der Waals surface area contributed by atoms with Gasteiger partial charge in [0.25, 0.3) is 0 Å². The summed E-state index contributed by atoms with van der Waals surface area (Å²) in [5.74, 6) is 0. The maximum Gasteiger partial charge on any atom is 0.0714 e. The van der Waals surface area contributed by atoms with Gasteiger partial charge >= 0.3 is 0 Å². The molecule has 65 heavy (non-hydrogen) atoms. The molecule has 10 aromatic carbocycles. The Morgan fingerprint density at radius 2 is 0.708 bits per heavy atom. The molecule has 0 atom stereocenters. The standard InChI is InChI=1S/C64H47N/c1-63(2)57-35-19-17-31-52(57)54-40-38-48(42-59(54)63)65(61-37-21-34-51(45-24-9-4-10-25-45)62(61)56-33-16-15-30-50(56)44-22-7-3-8-23-44)49-39-41-55-53-32-18-20-36-58(53)64(60(55)43-49,46-26-11-5-12-27-46)47-28-13-6-14-29-47/h3-43H,1-2H3. The number of benzene rings is 10. The molecule has 0 N–H and O–H groups in total. The SMILES string of the molecule is CC1(C)c2ccccc2-c2ccc(N(c3ccc4c(c3)C(c3ccccc3)(c3ccccc3)c3ccccc3-4)c3cccc(-c4ccccc4)c3-c3ccccc3-c3ccccc3)cc21. The molecule has 308 valence electrons. The van der Waals surface area contributed by atoms with Crippen LogP contribution < -0.4 is 4.90 Å². The highest BCUT2D eigenvalue weighted by atomic mass is 15.1. The highest BCUT2D eigenvalue weighted by Crippen LogP contribution is 2.58. The second-order valence-electron chi connectivity index (χ2n) is 18.0. The van der Waals surface area contributed by atoms with Crippen molar-refractivity contribution < 1.29 is 0 Å². The molecule has 0 bridgehead atoms. The summed E-state index contributed by atoms with van der Waals surface area (Å²) in [7, 11) is 0. The molecule has 1 nitrogen and oxygen atoms in total. The number of nitrogens with zero attached hydrogens (tertiary/aromatic N) is 1. The Hall–Kier alpha value is -8.00. The van der Waals surface area contributed by atoms with Crippen LogP contribution in [-0.4, -0.2) is 0 Å². The Balaban J connectivity index is 1.18. The molecule has 0 saturated heterocycles. The van der Waals surface area contributed by atoms with Crippen molar-refractivity contribution in [3.05, 3.63) is 282 Å². The lowest BCUT2D eigenvalue weighted by molar-refractivity contribution is 0.660. The van der Waals surface area contributed by atoms with Crippen molar-refractivity contribution in [2.75, 3.05) is 4.90 Å². The molecule has 0 radical (unpaired) electrons. The first kappa shape index (κ1) is 38.7. The van der Waals surface area contributed by atoms with Crippen LogP contribution in [0.2, 0.25) is 0 Å². The first-order valence-electron chi connectivity index (χ1n) is 22.8. The zero-order valence-electron chi connectivity index (χ0n) is 36.6. The quantitative estimate of drug-likeness (QED) is 0.147. The number of fused-ring (bicyclic) bond motifs is 6. The van der Waals surface area contributed by atoms with Crippen molar-refractivity contribution in [1.29, 1.82) is 0 Å². The van der Waals surface area contributed by atoms with Crippen LogP contribution >= 0.6 is 0 Å². The smallest absolute Gasteiger partial charge is 0.0714 e. The Labute approximate surface area is 382 Å². The van der Waals surface area contributed by atoms with Crippen molar-refractivity contribution in [3.63, 3.8) is 0 Å². The molecule has 10 aromatic rings. The number of anilines is 3. The molecule has 0 unspecified atom stereocenters. The molecule has 0 aromatic heterocycles. The van der Waals surface area contributed by atoms with E-state index in [-0.39, 0.29) is 5.41 Å². The number of hydrogen-bond acceptors (Lipinski definition) is 1. The zero-order chi connectivity index (χ0) is 43.5. The third kappa shape index (κ3) is 6.00. The minimum atomic E-state index is -0.549. The maximum atomic E-state index is 2.55. The first-order chi connectivity index (χ1) is 32.0. The summed E-state index contributed by atoms with van der Waals surface area (Å²) in [6, 6.07) is 92.2. The van der Waals surface area contributed by atoms with Crippen LogP contribution in [0.1, 0.15) is 47.2 Å². The summed E-state index contributed by atoms with van der Waals surface area (Å²) in [6.07, 6.45) is 0. The van der Waals surface area contributed by atoms with Gasteiger partial charge in [-0.2, -0.15) is 0 Å². The fourth-order valence-corrected chi connectivity index (χ4v) is 11.3. The minimum Gasteiger partial charge on any atom is -0.310 e. The predicted molar refractivity (Wildman–Crippen MR) is 272 cm³/mol. The summed E-state index contributed by atoms with van der Waals surface area (Å²) >= 11 is 0. The predicted octanol–water partition coefficient (Wildman–Crippen LogP) is 16.8. The average molecular weight is 830 g/mol. The minimum absolute atomic E-state index is 0.183. The van der Waals surface area contributed by atoms with Crippen LogP contribution in [0.3, 0.4) is 0 Å². The van der Waals surface area contributed by atoms with Gasteiger partial charge in [0.05, 0.1) is 11.1 Å². The van der Waals surface area contributed by atoms with Crippen LogP contribution in [0.25, 0.3) is 55.6 Å². The van der Waals surface area contributed by atoms with Crippen molar-refractivity contribution in [2.45, 2.75) is 24.7 Å². The van der Waals surface area contributed by atoms with Gasteiger partial charge in [0, 0.05) is 22.4 Å². The van der Waals surface area contributed by atoms with E-state index in [1.807, 2.05) is 0 Å². The fraction of sp³-hybridized carbons (Fsp3) is 0.0625. The molecule has 0 heterocycles. The van der Waals surface area contributed by atoms with Crippen molar-refractivity contribution in [3.8, 4) is 55.6 Å². The summed E-state index contributed by atoms with van der Waals surface area (Å²) in [5, 5.41) is 0. The Kier molecular flexibility index (Phi) is 9.14. The van der Waals surface area contributed by atoms with Crippen LogP contribution in [0.5, 0.6) is 0 Å². The van der Waals surface area contributed by atoms with Gasteiger partial charge in [0.15, 0.2) is 0 Å². The number of hydrogen-bond donors (Lipinski definition) is 0. The molecule has 0 spiro atoms. The highest BCUT2D eigenvalue weighted by Gasteiger charge is 2.46. The molecule has 0 fully saturated rings. The molecule has 0 amide bonds.